The van der Waals surface area contributed by atoms with E-state index < -0.39 is 10.0 Å². The molecule has 37 heavy (non-hydrogen) atoms. The number of nitriles is 1. The summed E-state index contributed by atoms with van der Waals surface area (Å²) in [5.74, 6) is 0.848. The predicted molar refractivity (Wildman–Crippen MR) is 138 cm³/mol. The summed E-state index contributed by atoms with van der Waals surface area (Å²) >= 11 is 0. The fraction of sp³-hybridized carbons (Fsp3) is 0.440. The smallest absolute Gasteiger partial charge is 0.243 e. The molecule has 0 amide bonds. The maximum absolute atomic E-state index is 13.2. The Morgan fingerprint density at radius 1 is 1.03 bits per heavy atom. The SMILES string of the molecule is Cn1cc(-c2ccc(S(=O)(=O)N3CCC(Nc4ncc(C#N)c(NC5CC[C@@H](O)C5)n4)CC3)cc2)cn1. The fourth-order valence-electron chi connectivity index (χ4n) is 4.89. The molecule has 194 valence electrons. The van der Waals surface area contributed by atoms with E-state index in [1.165, 1.54) is 10.5 Å². The fourth-order valence-corrected chi connectivity index (χ4v) is 6.36. The molecule has 1 saturated carbocycles. The molecule has 0 bridgehead atoms. The number of aliphatic hydroxyl groups is 1. The number of anilines is 2. The summed E-state index contributed by atoms with van der Waals surface area (Å²) in [6.45, 7) is 0.761. The highest BCUT2D eigenvalue weighted by Crippen LogP contribution is 2.27. The molecule has 2 fully saturated rings. The van der Waals surface area contributed by atoms with Crippen LogP contribution in [0.5, 0.6) is 0 Å². The van der Waals surface area contributed by atoms with Crippen molar-refractivity contribution in [3.63, 3.8) is 0 Å². The first-order chi connectivity index (χ1) is 17.8. The largest absolute Gasteiger partial charge is 0.393 e. The number of sulfonamides is 1. The molecule has 2 aliphatic rings. The van der Waals surface area contributed by atoms with Gasteiger partial charge in [-0.3, -0.25) is 4.68 Å². The molecule has 3 heterocycles. The third kappa shape index (κ3) is 5.58. The number of piperidine rings is 1. The topological polar surface area (TPSA) is 149 Å². The zero-order valence-corrected chi connectivity index (χ0v) is 21.4. The van der Waals surface area contributed by atoms with Crippen LogP contribution in [0.25, 0.3) is 11.1 Å². The Morgan fingerprint density at radius 2 is 1.78 bits per heavy atom. The van der Waals surface area contributed by atoms with E-state index in [1.54, 1.807) is 35.1 Å². The van der Waals surface area contributed by atoms with E-state index in [9.17, 15) is 18.8 Å². The Kier molecular flexibility index (Phi) is 7.10. The van der Waals surface area contributed by atoms with Gasteiger partial charge in [0.15, 0.2) is 0 Å². The van der Waals surface area contributed by atoms with Crippen molar-refractivity contribution in [1.82, 2.24) is 24.1 Å². The molecule has 1 aliphatic carbocycles. The molecule has 0 radical (unpaired) electrons. The summed E-state index contributed by atoms with van der Waals surface area (Å²) in [5, 5.41) is 29.9. The summed E-state index contributed by atoms with van der Waals surface area (Å²) in [7, 11) is -1.76. The lowest BCUT2D eigenvalue weighted by Gasteiger charge is -2.31. The summed E-state index contributed by atoms with van der Waals surface area (Å²) in [6.07, 6.45) is 8.16. The van der Waals surface area contributed by atoms with E-state index in [0.29, 0.717) is 49.7 Å². The van der Waals surface area contributed by atoms with E-state index in [-0.39, 0.29) is 23.1 Å². The zero-order chi connectivity index (χ0) is 26.0. The minimum atomic E-state index is -3.60. The van der Waals surface area contributed by atoms with Gasteiger partial charge in [-0.25, -0.2) is 13.4 Å². The van der Waals surface area contributed by atoms with Crippen LogP contribution in [-0.4, -0.2) is 68.9 Å². The third-order valence-corrected chi connectivity index (χ3v) is 8.89. The maximum atomic E-state index is 13.2. The molecule has 5 rings (SSSR count). The molecule has 1 aromatic carbocycles. The number of aromatic nitrogens is 4. The molecule has 1 aliphatic heterocycles. The highest BCUT2D eigenvalue weighted by atomic mass is 32.2. The Labute approximate surface area is 216 Å². The van der Waals surface area contributed by atoms with Gasteiger partial charge in [0.25, 0.3) is 0 Å². The van der Waals surface area contributed by atoms with Gasteiger partial charge in [-0.1, -0.05) is 12.1 Å². The summed E-state index contributed by atoms with van der Waals surface area (Å²) < 4.78 is 29.7. The Hall–Kier alpha value is -3.53. The third-order valence-electron chi connectivity index (χ3n) is 6.97. The van der Waals surface area contributed by atoms with Crippen molar-refractivity contribution in [2.75, 3.05) is 23.7 Å². The number of nitrogens with zero attached hydrogens (tertiary/aromatic N) is 6. The first-order valence-corrected chi connectivity index (χ1v) is 13.8. The van der Waals surface area contributed by atoms with Gasteiger partial charge >= 0.3 is 0 Å². The molecule has 2 aromatic heterocycles. The Balaban J connectivity index is 1.20. The molecule has 3 N–H and O–H groups in total. The van der Waals surface area contributed by atoms with Crippen molar-refractivity contribution in [2.45, 2.75) is 55.2 Å². The lowest BCUT2D eigenvalue weighted by atomic mass is 10.1. The van der Waals surface area contributed by atoms with E-state index in [4.69, 9.17) is 0 Å². The van der Waals surface area contributed by atoms with Crippen molar-refractivity contribution < 1.29 is 13.5 Å². The number of aryl methyl sites for hydroxylation is 1. The van der Waals surface area contributed by atoms with Crippen molar-refractivity contribution in [1.29, 1.82) is 5.26 Å². The number of hydrogen-bond donors (Lipinski definition) is 3. The monoisotopic (exact) mass is 522 g/mol. The van der Waals surface area contributed by atoms with Gasteiger partial charge in [0, 0.05) is 44.0 Å². The summed E-state index contributed by atoms with van der Waals surface area (Å²) in [4.78, 5) is 9.05. The number of benzene rings is 1. The molecule has 2 atom stereocenters. The lowest BCUT2D eigenvalue weighted by Crippen LogP contribution is -2.42. The molecule has 12 heteroatoms. The van der Waals surface area contributed by atoms with Crippen LogP contribution in [0.2, 0.25) is 0 Å². The van der Waals surface area contributed by atoms with Crippen molar-refractivity contribution in [3.8, 4) is 17.2 Å². The number of nitrogens with one attached hydrogen (secondary N) is 2. The second-order valence-corrected chi connectivity index (χ2v) is 11.6. The van der Waals surface area contributed by atoms with Crippen LogP contribution < -0.4 is 10.6 Å². The van der Waals surface area contributed by atoms with Crippen LogP contribution in [0.4, 0.5) is 11.8 Å². The average Bonchev–Trinajstić information content (AvgIpc) is 3.52. The molecule has 1 unspecified atom stereocenters. The number of aliphatic hydroxyl groups excluding tert-OH is 1. The Bertz CT molecular complexity index is 1390. The van der Waals surface area contributed by atoms with Gasteiger partial charge in [0.05, 0.1) is 23.4 Å². The summed E-state index contributed by atoms with van der Waals surface area (Å²) in [6, 6.07) is 9.08. The highest BCUT2D eigenvalue weighted by Gasteiger charge is 2.30. The van der Waals surface area contributed by atoms with E-state index >= 15 is 0 Å². The molecule has 11 nitrogen and oxygen atoms in total. The molecule has 0 spiro atoms. The normalized spacial score (nSPS) is 21.0. The van der Waals surface area contributed by atoms with Crippen LogP contribution in [-0.2, 0) is 17.1 Å². The maximum Gasteiger partial charge on any atom is 0.243 e. The van der Waals surface area contributed by atoms with E-state index in [0.717, 1.165) is 24.0 Å². The first kappa shape index (κ1) is 25.1. The van der Waals surface area contributed by atoms with Crippen LogP contribution in [0.1, 0.15) is 37.7 Å². The van der Waals surface area contributed by atoms with Crippen LogP contribution >= 0.6 is 0 Å². The molecule has 3 aromatic rings. The lowest BCUT2D eigenvalue weighted by molar-refractivity contribution is 0.182. The average molecular weight is 523 g/mol. The van der Waals surface area contributed by atoms with Crippen LogP contribution in [0, 0.1) is 11.3 Å². The van der Waals surface area contributed by atoms with E-state index in [2.05, 4.69) is 31.8 Å². The highest BCUT2D eigenvalue weighted by molar-refractivity contribution is 7.89. The second kappa shape index (κ2) is 10.5. The van der Waals surface area contributed by atoms with Gasteiger partial charge in [-0.05, 0) is 49.8 Å². The van der Waals surface area contributed by atoms with Crippen molar-refractivity contribution in [2.24, 2.45) is 7.05 Å². The van der Waals surface area contributed by atoms with Crippen molar-refractivity contribution >= 4 is 21.8 Å². The minimum Gasteiger partial charge on any atom is -0.393 e. The standard InChI is InChI=1S/C25H30N8O3S/c1-32-16-19(15-28-32)17-2-6-23(7-3-17)37(35,36)33-10-8-20(9-11-33)30-25-27-14-18(13-26)24(31-25)29-21-4-5-22(34)12-21/h2-3,6-7,14-16,20-22,34H,4-5,8-12H2,1H3,(H2,27,29,30,31)/t21?,22-/m1/s1. The van der Waals surface area contributed by atoms with Gasteiger partial charge in [-0.15, -0.1) is 0 Å². The van der Waals surface area contributed by atoms with Gasteiger partial charge < -0.3 is 15.7 Å². The molecular weight excluding hydrogens is 492 g/mol. The zero-order valence-electron chi connectivity index (χ0n) is 20.6. The molecular formula is C25H30N8O3S. The number of hydrogen-bond acceptors (Lipinski definition) is 9. The minimum absolute atomic E-state index is 0.00787. The summed E-state index contributed by atoms with van der Waals surface area (Å²) in [5.41, 5.74) is 2.19. The Morgan fingerprint density at radius 3 is 2.41 bits per heavy atom. The van der Waals surface area contributed by atoms with Gasteiger partial charge in [0.1, 0.15) is 17.5 Å². The van der Waals surface area contributed by atoms with E-state index in [1.807, 2.05) is 13.2 Å². The molecule has 1 saturated heterocycles. The predicted octanol–water partition coefficient (Wildman–Crippen LogP) is 2.34. The van der Waals surface area contributed by atoms with Gasteiger partial charge in [-0.2, -0.15) is 19.6 Å². The first-order valence-electron chi connectivity index (χ1n) is 12.4. The number of rotatable bonds is 7. The quantitative estimate of drug-likeness (QED) is 0.425. The second-order valence-electron chi connectivity index (χ2n) is 9.63. The van der Waals surface area contributed by atoms with Crippen LogP contribution in [0.3, 0.4) is 0 Å². The van der Waals surface area contributed by atoms with Crippen LogP contribution in [0.15, 0.2) is 47.8 Å². The van der Waals surface area contributed by atoms with Crippen molar-refractivity contribution in [3.05, 3.63) is 48.4 Å². The van der Waals surface area contributed by atoms with Gasteiger partial charge in [0.2, 0.25) is 16.0 Å².